The fraction of sp³-hybridized carbons (Fsp3) is 0.489. The SMILES string of the molecule is CCCCCc1ccc(OC(CC)C(=O)Nc2ccc(Cl)c(NC(=O)C(C(=O)c3ccc(OC)cc3)N3C(=O)NC(C)(CN4CCOCC4)C3=O)c2)c(CCCCC)c1. The number of hydrogen-bond acceptors (Lipinski definition) is 9. The number of imide groups is 1. The number of Topliss-reactive ketones (excluding diaryl/α,β-unsaturated/α-hetero) is 1. The number of morpholine rings is 1. The Kier molecular flexibility index (Phi) is 16.3. The number of carbonyl (C=O) groups excluding carboxylic acids is 5. The summed E-state index contributed by atoms with van der Waals surface area (Å²) in [6.45, 7) is 10.0. The van der Waals surface area contributed by atoms with Gasteiger partial charge in [-0.3, -0.25) is 24.1 Å². The molecule has 318 valence electrons. The average Bonchev–Trinajstić information content (AvgIpc) is 3.44. The molecule has 0 aliphatic carbocycles. The highest BCUT2D eigenvalue weighted by molar-refractivity contribution is 6.34. The Morgan fingerprint density at radius 3 is 2.24 bits per heavy atom. The Bertz CT molecular complexity index is 1950. The summed E-state index contributed by atoms with van der Waals surface area (Å²) in [5, 5.41) is 8.37. The van der Waals surface area contributed by atoms with E-state index in [0.29, 0.717) is 54.8 Å². The number of ketones is 1. The van der Waals surface area contributed by atoms with Crippen LogP contribution in [0.4, 0.5) is 16.2 Å². The second kappa shape index (κ2) is 21.3. The molecule has 3 unspecified atom stereocenters. The van der Waals surface area contributed by atoms with Crippen molar-refractivity contribution in [3.63, 3.8) is 0 Å². The number of carbonyl (C=O) groups is 5. The fourth-order valence-corrected chi connectivity index (χ4v) is 7.53. The summed E-state index contributed by atoms with van der Waals surface area (Å²) in [4.78, 5) is 72.6. The molecule has 3 N–H and O–H groups in total. The van der Waals surface area contributed by atoms with Crippen LogP contribution in [-0.4, -0.2) is 97.0 Å². The highest BCUT2D eigenvalue weighted by atomic mass is 35.5. The maximum atomic E-state index is 14.3. The first kappa shape index (κ1) is 45.1. The molecule has 3 aromatic carbocycles. The largest absolute Gasteiger partial charge is 0.497 e. The number of benzene rings is 3. The van der Waals surface area contributed by atoms with Gasteiger partial charge in [-0.05, 0) is 98.7 Å². The van der Waals surface area contributed by atoms with Crippen LogP contribution in [0.15, 0.2) is 60.7 Å². The lowest BCUT2D eigenvalue weighted by Crippen LogP contribution is -2.57. The van der Waals surface area contributed by atoms with Gasteiger partial charge in [-0.1, -0.05) is 70.2 Å². The van der Waals surface area contributed by atoms with E-state index in [1.807, 2.05) is 17.9 Å². The lowest BCUT2D eigenvalue weighted by atomic mass is 9.98. The Morgan fingerprint density at radius 1 is 0.881 bits per heavy atom. The molecule has 59 heavy (non-hydrogen) atoms. The number of nitrogens with zero attached hydrogens (tertiary/aromatic N) is 2. The normalized spacial score (nSPS) is 17.9. The molecular formula is C45H58ClN5O8. The predicted octanol–water partition coefficient (Wildman–Crippen LogP) is 7.44. The van der Waals surface area contributed by atoms with Crippen LogP contribution in [0.25, 0.3) is 0 Å². The quantitative estimate of drug-likeness (QED) is 0.0430. The van der Waals surface area contributed by atoms with Crippen molar-refractivity contribution in [2.75, 3.05) is 50.6 Å². The number of methoxy groups -OCH3 is 1. The van der Waals surface area contributed by atoms with Crippen molar-refractivity contribution in [3.05, 3.63) is 82.4 Å². The maximum Gasteiger partial charge on any atom is 0.326 e. The molecular weight excluding hydrogens is 774 g/mol. The molecule has 0 spiro atoms. The zero-order valence-electron chi connectivity index (χ0n) is 34.9. The Morgan fingerprint density at radius 2 is 1.58 bits per heavy atom. The first-order valence-corrected chi connectivity index (χ1v) is 21.1. The van der Waals surface area contributed by atoms with Crippen LogP contribution in [-0.2, 0) is 32.0 Å². The summed E-state index contributed by atoms with van der Waals surface area (Å²) in [5.74, 6) is -1.74. The van der Waals surface area contributed by atoms with Crippen LogP contribution >= 0.6 is 11.6 Å². The van der Waals surface area contributed by atoms with Crippen LogP contribution in [0.2, 0.25) is 5.02 Å². The Hall–Kier alpha value is -4.98. The van der Waals surface area contributed by atoms with Gasteiger partial charge in [0.1, 0.15) is 17.0 Å². The van der Waals surface area contributed by atoms with E-state index in [2.05, 4.69) is 41.9 Å². The van der Waals surface area contributed by atoms with Gasteiger partial charge in [0.2, 0.25) is 0 Å². The van der Waals surface area contributed by atoms with Crippen LogP contribution < -0.4 is 25.4 Å². The third kappa shape index (κ3) is 11.6. The van der Waals surface area contributed by atoms with Gasteiger partial charge >= 0.3 is 6.03 Å². The molecule has 2 aliphatic heterocycles. The van der Waals surface area contributed by atoms with Gasteiger partial charge in [-0.2, -0.15) is 0 Å². The molecule has 2 heterocycles. The van der Waals surface area contributed by atoms with E-state index in [1.165, 1.54) is 43.4 Å². The summed E-state index contributed by atoms with van der Waals surface area (Å²) in [7, 11) is 1.48. The summed E-state index contributed by atoms with van der Waals surface area (Å²) >= 11 is 6.58. The number of ether oxygens (including phenoxy) is 3. The molecule has 0 aromatic heterocycles. The van der Waals surface area contributed by atoms with E-state index >= 15 is 0 Å². The average molecular weight is 832 g/mol. The van der Waals surface area contributed by atoms with Gasteiger partial charge in [0.15, 0.2) is 17.9 Å². The van der Waals surface area contributed by atoms with Gasteiger partial charge in [-0.15, -0.1) is 0 Å². The smallest absolute Gasteiger partial charge is 0.326 e. The van der Waals surface area contributed by atoms with E-state index in [9.17, 15) is 24.0 Å². The second-order valence-electron chi connectivity index (χ2n) is 15.4. The topological polar surface area (TPSA) is 156 Å². The van der Waals surface area contributed by atoms with Crippen LogP contribution in [0.3, 0.4) is 0 Å². The molecule has 2 aliphatic rings. The van der Waals surface area contributed by atoms with Crippen molar-refractivity contribution in [3.8, 4) is 11.5 Å². The minimum absolute atomic E-state index is 0.0518. The summed E-state index contributed by atoms with van der Waals surface area (Å²) in [6.07, 6.45) is 8.06. The Balaban J connectivity index is 1.36. The zero-order chi connectivity index (χ0) is 42.5. The molecule has 5 amide bonds. The molecule has 0 radical (unpaired) electrons. The number of aryl methyl sites for hydroxylation is 2. The van der Waals surface area contributed by atoms with Crippen molar-refractivity contribution < 1.29 is 38.2 Å². The van der Waals surface area contributed by atoms with Crippen LogP contribution in [0.5, 0.6) is 11.5 Å². The van der Waals surface area contributed by atoms with Gasteiger partial charge in [-0.25, -0.2) is 9.69 Å². The van der Waals surface area contributed by atoms with Crippen molar-refractivity contribution >= 4 is 52.5 Å². The first-order valence-electron chi connectivity index (χ1n) is 20.7. The highest BCUT2D eigenvalue weighted by Gasteiger charge is 2.54. The minimum Gasteiger partial charge on any atom is -0.497 e. The monoisotopic (exact) mass is 831 g/mol. The van der Waals surface area contributed by atoms with Crippen molar-refractivity contribution in [1.29, 1.82) is 0 Å². The molecule has 2 fully saturated rings. The van der Waals surface area contributed by atoms with Gasteiger partial charge in [0, 0.05) is 30.9 Å². The van der Waals surface area contributed by atoms with Crippen molar-refractivity contribution in [1.82, 2.24) is 15.1 Å². The molecule has 14 heteroatoms. The molecule has 3 atom stereocenters. The highest BCUT2D eigenvalue weighted by Crippen LogP contribution is 2.30. The molecule has 0 bridgehead atoms. The lowest BCUT2D eigenvalue weighted by molar-refractivity contribution is -0.136. The van der Waals surface area contributed by atoms with Gasteiger partial charge in [0.05, 0.1) is 31.0 Å². The molecule has 3 aromatic rings. The predicted molar refractivity (Wildman–Crippen MR) is 228 cm³/mol. The summed E-state index contributed by atoms with van der Waals surface area (Å²) in [5.41, 5.74) is 1.36. The number of rotatable bonds is 21. The molecule has 5 rings (SSSR count). The van der Waals surface area contributed by atoms with E-state index in [0.717, 1.165) is 50.5 Å². The van der Waals surface area contributed by atoms with E-state index < -0.39 is 47.2 Å². The number of halogens is 1. The summed E-state index contributed by atoms with van der Waals surface area (Å²) < 4.78 is 17.0. The zero-order valence-corrected chi connectivity index (χ0v) is 35.6. The van der Waals surface area contributed by atoms with Crippen LogP contribution in [0.1, 0.15) is 94.1 Å². The van der Waals surface area contributed by atoms with E-state index in [-0.39, 0.29) is 22.8 Å². The molecule has 13 nitrogen and oxygen atoms in total. The molecule has 0 saturated carbocycles. The Labute approximate surface area is 352 Å². The van der Waals surface area contributed by atoms with E-state index in [1.54, 1.807) is 25.1 Å². The van der Waals surface area contributed by atoms with E-state index in [4.69, 9.17) is 25.8 Å². The minimum atomic E-state index is -1.90. The number of anilines is 2. The molecule has 2 saturated heterocycles. The third-order valence-electron chi connectivity index (χ3n) is 10.7. The lowest BCUT2D eigenvalue weighted by Gasteiger charge is -2.33. The first-order chi connectivity index (χ1) is 28.4. The van der Waals surface area contributed by atoms with Crippen LogP contribution in [0, 0.1) is 0 Å². The number of hydrogen-bond donors (Lipinski definition) is 3. The second-order valence-corrected chi connectivity index (χ2v) is 15.8. The number of urea groups is 1. The number of amides is 5. The van der Waals surface area contributed by atoms with Crippen molar-refractivity contribution in [2.24, 2.45) is 0 Å². The fourth-order valence-electron chi connectivity index (χ4n) is 7.36. The number of unbranched alkanes of at least 4 members (excludes halogenated alkanes) is 4. The van der Waals surface area contributed by atoms with Crippen molar-refractivity contribution in [2.45, 2.75) is 103 Å². The third-order valence-corrected chi connectivity index (χ3v) is 11.1. The van der Waals surface area contributed by atoms with Gasteiger partial charge < -0.3 is 30.2 Å². The maximum absolute atomic E-state index is 14.3. The number of nitrogens with one attached hydrogen (secondary N) is 3. The standard InChI is InChI=1S/C45H58ClN5O8/c1-6-9-11-13-30-15-22-38(32(27-30)14-12-10-7-2)59-37(8-3)41(53)47-33-18-21-35(46)36(28-33)48-42(54)39(40(52)31-16-19-34(57-5)20-17-31)51-43(55)45(4,49-44(51)56)29-50-23-25-58-26-24-50/h15-22,27-28,37,39H,6-14,23-26,29H2,1-5H3,(H,47,53)(H,48,54)(H,49,56). The van der Waals surface area contributed by atoms with Gasteiger partial charge in [0.25, 0.3) is 17.7 Å². The summed E-state index contributed by atoms with van der Waals surface area (Å²) in [6, 6.07) is 14.0.